The highest BCUT2D eigenvalue weighted by Gasteiger charge is 2.41. The van der Waals surface area contributed by atoms with Gasteiger partial charge in [0.1, 0.15) is 5.69 Å². The van der Waals surface area contributed by atoms with Gasteiger partial charge in [-0.1, -0.05) is 0 Å². The number of likely N-dealkylation sites (tertiary alicyclic amines) is 1. The molecule has 3 rings (SSSR count). The van der Waals surface area contributed by atoms with E-state index in [1.807, 2.05) is 17.0 Å². The van der Waals surface area contributed by atoms with Gasteiger partial charge in [0.05, 0.1) is 13.2 Å². The third-order valence-electron chi connectivity index (χ3n) is 4.06. The monoisotopic (exact) mass is 305 g/mol. The van der Waals surface area contributed by atoms with Crippen molar-refractivity contribution in [1.82, 2.24) is 9.88 Å². The van der Waals surface area contributed by atoms with Crippen molar-refractivity contribution in [3.63, 3.8) is 0 Å². The summed E-state index contributed by atoms with van der Waals surface area (Å²) < 4.78 is 11.4. The Morgan fingerprint density at radius 3 is 2.64 bits per heavy atom. The molecule has 1 N–H and O–H groups in total. The summed E-state index contributed by atoms with van der Waals surface area (Å²) in [5, 5.41) is 3.29. The predicted octanol–water partition coefficient (Wildman–Crippen LogP) is 1.88. The number of rotatable bonds is 3. The largest absolute Gasteiger partial charge is 0.383 e. The van der Waals surface area contributed by atoms with Crippen molar-refractivity contribution in [2.75, 3.05) is 31.6 Å². The Labute approximate surface area is 130 Å². The highest BCUT2D eigenvalue weighted by Crippen LogP contribution is 2.31. The molecule has 0 unspecified atom stereocenters. The molecule has 3 heterocycles. The Morgan fingerprint density at radius 2 is 2.00 bits per heavy atom. The molecule has 2 saturated heterocycles. The van der Waals surface area contributed by atoms with E-state index in [2.05, 4.69) is 24.1 Å². The SMILES string of the molecule is CC(C)Nc1ccnc(C(=O)N2CCC3(CC2)OCCO3)c1. The topological polar surface area (TPSA) is 63.7 Å². The summed E-state index contributed by atoms with van der Waals surface area (Å²) in [5.41, 5.74) is 1.40. The van der Waals surface area contributed by atoms with Crippen LogP contribution in [0.3, 0.4) is 0 Å². The van der Waals surface area contributed by atoms with E-state index in [9.17, 15) is 4.79 Å². The summed E-state index contributed by atoms with van der Waals surface area (Å²) in [4.78, 5) is 18.6. The van der Waals surface area contributed by atoms with E-state index in [0.717, 1.165) is 18.5 Å². The first-order chi connectivity index (χ1) is 10.6. The number of pyridine rings is 1. The molecule has 0 atom stereocenters. The third-order valence-corrected chi connectivity index (χ3v) is 4.06. The van der Waals surface area contributed by atoms with Gasteiger partial charge in [-0.15, -0.1) is 0 Å². The van der Waals surface area contributed by atoms with Crippen molar-refractivity contribution in [3.8, 4) is 0 Å². The van der Waals surface area contributed by atoms with Crippen LogP contribution in [0.15, 0.2) is 18.3 Å². The van der Waals surface area contributed by atoms with Crippen LogP contribution in [-0.2, 0) is 9.47 Å². The lowest BCUT2D eigenvalue weighted by molar-refractivity contribution is -0.181. The van der Waals surface area contributed by atoms with Gasteiger partial charge >= 0.3 is 0 Å². The highest BCUT2D eigenvalue weighted by atomic mass is 16.7. The van der Waals surface area contributed by atoms with E-state index in [1.165, 1.54) is 0 Å². The van der Waals surface area contributed by atoms with Crippen LogP contribution in [0.1, 0.15) is 37.2 Å². The minimum absolute atomic E-state index is 0.0275. The van der Waals surface area contributed by atoms with Gasteiger partial charge in [-0.25, -0.2) is 0 Å². The van der Waals surface area contributed by atoms with Gasteiger partial charge in [0.15, 0.2) is 5.79 Å². The maximum Gasteiger partial charge on any atom is 0.272 e. The lowest BCUT2D eigenvalue weighted by atomic mass is 10.0. The maximum atomic E-state index is 12.6. The predicted molar refractivity (Wildman–Crippen MR) is 82.8 cm³/mol. The molecule has 120 valence electrons. The van der Waals surface area contributed by atoms with Gasteiger partial charge in [0.25, 0.3) is 5.91 Å². The van der Waals surface area contributed by atoms with Crippen molar-refractivity contribution in [2.24, 2.45) is 0 Å². The summed E-state index contributed by atoms with van der Waals surface area (Å²) in [6.07, 6.45) is 3.12. The summed E-state index contributed by atoms with van der Waals surface area (Å²) in [7, 11) is 0. The van der Waals surface area contributed by atoms with Crippen molar-refractivity contribution in [2.45, 2.75) is 38.5 Å². The molecule has 0 aromatic carbocycles. The maximum absolute atomic E-state index is 12.6. The van der Waals surface area contributed by atoms with E-state index in [-0.39, 0.29) is 5.91 Å². The average Bonchev–Trinajstić information content (AvgIpc) is 2.95. The first-order valence-electron chi connectivity index (χ1n) is 7.88. The number of aromatic nitrogens is 1. The molecule has 0 radical (unpaired) electrons. The van der Waals surface area contributed by atoms with Crippen LogP contribution in [0.4, 0.5) is 5.69 Å². The number of carbonyl (C=O) groups excluding carboxylic acids is 1. The van der Waals surface area contributed by atoms with Gasteiger partial charge in [0, 0.05) is 43.9 Å². The fourth-order valence-electron chi connectivity index (χ4n) is 2.97. The molecule has 2 aliphatic rings. The minimum Gasteiger partial charge on any atom is -0.383 e. The molecule has 0 aliphatic carbocycles. The molecule has 6 heteroatoms. The average molecular weight is 305 g/mol. The zero-order valence-corrected chi connectivity index (χ0v) is 13.2. The Bertz CT molecular complexity index is 531. The lowest BCUT2D eigenvalue weighted by Gasteiger charge is -2.37. The Kier molecular flexibility index (Phi) is 4.31. The number of amides is 1. The summed E-state index contributed by atoms with van der Waals surface area (Å²) in [6, 6.07) is 4.01. The van der Waals surface area contributed by atoms with Crippen LogP contribution in [0, 0.1) is 0 Å². The molecule has 6 nitrogen and oxygen atoms in total. The van der Waals surface area contributed by atoms with Crippen LogP contribution in [0.2, 0.25) is 0 Å². The molecule has 2 aliphatic heterocycles. The summed E-state index contributed by atoms with van der Waals surface area (Å²) in [6.45, 7) is 6.71. The smallest absolute Gasteiger partial charge is 0.272 e. The standard InChI is InChI=1S/C16H23N3O3/c1-12(2)18-13-3-6-17-14(11-13)15(20)19-7-4-16(5-8-19)21-9-10-22-16/h3,6,11-12H,4-5,7-10H2,1-2H3,(H,17,18). The quantitative estimate of drug-likeness (QED) is 0.924. The van der Waals surface area contributed by atoms with Crippen LogP contribution < -0.4 is 5.32 Å². The number of anilines is 1. The van der Waals surface area contributed by atoms with E-state index >= 15 is 0 Å². The number of carbonyl (C=O) groups is 1. The summed E-state index contributed by atoms with van der Waals surface area (Å²) in [5.74, 6) is -0.481. The van der Waals surface area contributed by atoms with Crippen LogP contribution in [0.25, 0.3) is 0 Å². The number of ether oxygens (including phenoxy) is 2. The minimum atomic E-state index is -0.453. The molecule has 1 amide bonds. The van der Waals surface area contributed by atoms with Crippen LogP contribution in [0.5, 0.6) is 0 Å². The second-order valence-corrected chi connectivity index (χ2v) is 6.13. The van der Waals surface area contributed by atoms with Crippen molar-refractivity contribution >= 4 is 11.6 Å². The van der Waals surface area contributed by atoms with Crippen LogP contribution in [-0.4, -0.2) is 53.9 Å². The van der Waals surface area contributed by atoms with Crippen molar-refractivity contribution in [3.05, 3.63) is 24.0 Å². The fraction of sp³-hybridized carbons (Fsp3) is 0.625. The fourth-order valence-corrected chi connectivity index (χ4v) is 2.97. The van der Waals surface area contributed by atoms with Crippen molar-refractivity contribution in [1.29, 1.82) is 0 Å². The molecule has 22 heavy (non-hydrogen) atoms. The normalized spacial score (nSPS) is 20.6. The molecule has 0 bridgehead atoms. The highest BCUT2D eigenvalue weighted by molar-refractivity contribution is 5.93. The van der Waals surface area contributed by atoms with E-state index in [4.69, 9.17) is 9.47 Å². The molecular formula is C16H23N3O3. The Hall–Kier alpha value is -1.66. The number of piperidine rings is 1. The van der Waals surface area contributed by atoms with Gasteiger partial charge in [-0.3, -0.25) is 9.78 Å². The number of nitrogens with zero attached hydrogens (tertiary/aromatic N) is 2. The number of nitrogens with one attached hydrogen (secondary N) is 1. The molecule has 0 saturated carbocycles. The lowest BCUT2D eigenvalue weighted by Crippen LogP contribution is -2.47. The second kappa shape index (κ2) is 6.22. The molecule has 1 aromatic rings. The molecular weight excluding hydrogens is 282 g/mol. The second-order valence-electron chi connectivity index (χ2n) is 6.13. The molecule has 2 fully saturated rings. The van der Waals surface area contributed by atoms with Gasteiger partial charge in [0.2, 0.25) is 0 Å². The third kappa shape index (κ3) is 3.23. The summed E-state index contributed by atoms with van der Waals surface area (Å²) >= 11 is 0. The van der Waals surface area contributed by atoms with Crippen molar-refractivity contribution < 1.29 is 14.3 Å². The molecule has 1 aromatic heterocycles. The Morgan fingerprint density at radius 1 is 1.32 bits per heavy atom. The van der Waals surface area contributed by atoms with E-state index < -0.39 is 5.79 Å². The zero-order valence-electron chi connectivity index (χ0n) is 13.2. The van der Waals surface area contributed by atoms with Gasteiger partial charge < -0.3 is 19.7 Å². The van der Waals surface area contributed by atoms with Crippen LogP contribution >= 0.6 is 0 Å². The first kappa shape index (κ1) is 15.2. The van der Waals surface area contributed by atoms with Gasteiger partial charge in [-0.2, -0.15) is 0 Å². The number of hydrogen-bond donors (Lipinski definition) is 1. The van der Waals surface area contributed by atoms with E-state index in [0.29, 0.717) is 38.0 Å². The first-order valence-corrected chi connectivity index (χ1v) is 7.88. The number of hydrogen-bond acceptors (Lipinski definition) is 5. The zero-order chi connectivity index (χ0) is 15.6. The Balaban J connectivity index is 1.64. The van der Waals surface area contributed by atoms with Gasteiger partial charge in [-0.05, 0) is 26.0 Å². The van der Waals surface area contributed by atoms with E-state index in [1.54, 1.807) is 6.20 Å². The molecule has 1 spiro atoms.